The van der Waals surface area contributed by atoms with Crippen LogP contribution in [0.5, 0.6) is 5.75 Å². The molecule has 0 aromatic heterocycles. The number of hydrogen-bond acceptors (Lipinski definition) is 4. The molecular formula is C21H27N3O2. The number of carbonyl (C=O) groups is 1. The molecule has 0 bridgehead atoms. The molecule has 1 aliphatic rings. The monoisotopic (exact) mass is 353 g/mol. The van der Waals surface area contributed by atoms with E-state index in [2.05, 4.69) is 27.7 Å². The first kappa shape index (κ1) is 18.1. The summed E-state index contributed by atoms with van der Waals surface area (Å²) in [6, 6.07) is 15.9. The molecular weight excluding hydrogens is 326 g/mol. The molecule has 3 rings (SSSR count). The first-order valence-electron chi connectivity index (χ1n) is 9.24. The number of ether oxygens (including phenoxy) is 1. The minimum Gasteiger partial charge on any atom is -0.497 e. The Morgan fingerprint density at radius 2 is 1.77 bits per heavy atom. The van der Waals surface area contributed by atoms with Crippen molar-refractivity contribution in [3.05, 3.63) is 54.1 Å². The van der Waals surface area contributed by atoms with Gasteiger partial charge in [-0.2, -0.15) is 0 Å². The lowest BCUT2D eigenvalue weighted by Crippen LogP contribution is -2.32. The number of nitrogens with zero attached hydrogens (tertiary/aromatic N) is 1. The lowest BCUT2D eigenvalue weighted by molar-refractivity contribution is -0.119. The molecule has 5 heteroatoms. The van der Waals surface area contributed by atoms with Crippen molar-refractivity contribution in [3.63, 3.8) is 0 Å². The summed E-state index contributed by atoms with van der Waals surface area (Å²) in [5, 5.41) is 6.24. The maximum atomic E-state index is 12.2. The van der Waals surface area contributed by atoms with Crippen molar-refractivity contribution in [3.8, 4) is 5.75 Å². The van der Waals surface area contributed by atoms with Crippen molar-refractivity contribution in [2.24, 2.45) is 0 Å². The van der Waals surface area contributed by atoms with Gasteiger partial charge in [-0.1, -0.05) is 24.3 Å². The largest absolute Gasteiger partial charge is 0.497 e. The minimum absolute atomic E-state index is 0.0192. The average molecular weight is 353 g/mol. The number of rotatable bonds is 7. The molecule has 1 saturated heterocycles. The Labute approximate surface area is 155 Å². The van der Waals surface area contributed by atoms with Crippen LogP contribution in [0.15, 0.2) is 48.5 Å². The van der Waals surface area contributed by atoms with Gasteiger partial charge >= 0.3 is 0 Å². The molecule has 0 radical (unpaired) electrons. The van der Waals surface area contributed by atoms with Gasteiger partial charge in [-0.15, -0.1) is 0 Å². The first-order chi connectivity index (χ1) is 12.8. The fourth-order valence-corrected chi connectivity index (χ4v) is 3.22. The van der Waals surface area contributed by atoms with E-state index in [4.69, 9.17) is 4.74 Å². The number of nitrogens with one attached hydrogen (secondary N) is 2. The molecule has 0 aliphatic carbocycles. The predicted octanol–water partition coefficient (Wildman–Crippen LogP) is 3.41. The fraction of sp³-hybridized carbons (Fsp3) is 0.381. The van der Waals surface area contributed by atoms with Crippen LogP contribution in [0.4, 0.5) is 11.4 Å². The predicted molar refractivity (Wildman–Crippen MR) is 106 cm³/mol. The second kappa shape index (κ2) is 9.13. The van der Waals surface area contributed by atoms with Crippen LogP contribution < -0.4 is 20.3 Å². The maximum absolute atomic E-state index is 12.2. The van der Waals surface area contributed by atoms with Crippen molar-refractivity contribution < 1.29 is 9.53 Å². The summed E-state index contributed by atoms with van der Waals surface area (Å²) in [6.45, 7) is 2.95. The minimum atomic E-state index is -0.0192. The number of carbonyl (C=O) groups excluding carboxylic acids is 1. The van der Waals surface area contributed by atoms with Crippen molar-refractivity contribution in [2.75, 3.05) is 37.0 Å². The summed E-state index contributed by atoms with van der Waals surface area (Å²) in [4.78, 5) is 14.6. The Morgan fingerprint density at radius 1 is 1.04 bits per heavy atom. The molecule has 5 nitrogen and oxygen atoms in total. The fourth-order valence-electron chi connectivity index (χ4n) is 3.22. The first-order valence-corrected chi connectivity index (χ1v) is 9.24. The molecule has 0 saturated carbocycles. The number of amides is 1. The van der Waals surface area contributed by atoms with E-state index in [9.17, 15) is 4.79 Å². The summed E-state index contributed by atoms with van der Waals surface area (Å²) >= 11 is 0. The highest BCUT2D eigenvalue weighted by Gasteiger charge is 2.14. The molecule has 2 N–H and O–H groups in total. The highest BCUT2D eigenvalue weighted by atomic mass is 16.5. The normalized spacial score (nSPS) is 14.0. The highest BCUT2D eigenvalue weighted by Crippen LogP contribution is 2.27. The molecule has 1 amide bonds. The van der Waals surface area contributed by atoms with Crippen LogP contribution in [0.25, 0.3) is 0 Å². The lowest BCUT2D eigenvalue weighted by atomic mass is 10.1. The zero-order valence-corrected chi connectivity index (χ0v) is 15.3. The van der Waals surface area contributed by atoms with Gasteiger partial charge in [-0.25, -0.2) is 0 Å². The van der Waals surface area contributed by atoms with Crippen molar-refractivity contribution >= 4 is 17.3 Å². The van der Waals surface area contributed by atoms with E-state index < -0.39 is 0 Å². The van der Waals surface area contributed by atoms with Crippen LogP contribution in [0.2, 0.25) is 0 Å². The third kappa shape index (κ3) is 4.91. The van der Waals surface area contributed by atoms with Gasteiger partial charge < -0.3 is 20.3 Å². The average Bonchev–Trinajstić information content (AvgIpc) is 2.72. The molecule has 2 aromatic carbocycles. The van der Waals surface area contributed by atoms with Gasteiger partial charge in [0.1, 0.15) is 5.75 Å². The van der Waals surface area contributed by atoms with Gasteiger partial charge in [-0.3, -0.25) is 4.79 Å². The molecule has 2 aromatic rings. The quantitative estimate of drug-likeness (QED) is 0.801. The summed E-state index contributed by atoms with van der Waals surface area (Å²) in [6.07, 6.45) is 3.77. The van der Waals surface area contributed by atoms with Gasteiger partial charge in [-0.05, 0) is 49.1 Å². The van der Waals surface area contributed by atoms with Crippen LogP contribution in [0.1, 0.15) is 24.8 Å². The summed E-state index contributed by atoms with van der Waals surface area (Å²) in [5.41, 5.74) is 3.26. The van der Waals surface area contributed by atoms with Crippen LogP contribution in [-0.2, 0) is 11.3 Å². The number of piperidine rings is 1. The second-order valence-corrected chi connectivity index (χ2v) is 6.54. The van der Waals surface area contributed by atoms with Crippen molar-refractivity contribution in [1.29, 1.82) is 0 Å². The third-order valence-electron chi connectivity index (χ3n) is 4.69. The zero-order valence-electron chi connectivity index (χ0n) is 15.3. The Morgan fingerprint density at radius 3 is 2.50 bits per heavy atom. The summed E-state index contributed by atoms with van der Waals surface area (Å²) in [7, 11) is 1.64. The number of benzene rings is 2. The van der Waals surface area contributed by atoms with E-state index >= 15 is 0 Å². The molecule has 0 unspecified atom stereocenters. The maximum Gasteiger partial charge on any atom is 0.239 e. The highest BCUT2D eigenvalue weighted by molar-refractivity contribution is 5.82. The van der Waals surface area contributed by atoms with E-state index in [1.807, 2.05) is 36.4 Å². The van der Waals surface area contributed by atoms with E-state index in [1.54, 1.807) is 7.11 Å². The van der Waals surface area contributed by atoms with E-state index in [1.165, 1.54) is 24.9 Å². The number of para-hydroxylation sites is 2. The van der Waals surface area contributed by atoms with Gasteiger partial charge in [0.2, 0.25) is 5.91 Å². The van der Waals surface area contributed by atoms with Crippen molar-refractivity contribution in [2.45, 2.75) is 25.8 Å². The smallest absolute Gasteiger partial charge is 0.239 e. The standard InChI is InChI=1S/C21H27N3O2/c1-26-18-11-9-17(10-12-18)15-23-21(25)16-22-19-7-3-4-8-20(19)24-13-5-2-6-14-24/h3-4,7-12,22H,2,5-6,13-16H2,1H3,(H,23,25). The Bertz CT molecular complexity index is 709. The van der Waals surface area contributed by atoms with Crippen LogP contribution in [0, 0.1) is 0 Å². The van der Waals surface area contributed by atoms with Crippen LogP contribution in [0.3, 0.4) is 0 Å². The van der Waals surface area contributed by atoms with E-state index in [0.29, 0.717) is 6.54 Å². The van der Waals surface area contributed by atoms with Gasteiger partial charge in [0.05, 0.1) is 25.0 Å². The molecule has 0 atom stereocenters. The van der Waals surface area contributed by atoms with E-state index in [-0.39, 0.29) is 12.5 Å². The van der Waals surface area contributed by atoms with Crippen LogP contribution >= 0.6 is 0 Å². The SMILES string of the molecule is COc1ccc(CNC(=O)CNc2ccccc2N2CCCCC2)cc1. The second-order valence-electron chi connectivity index (χ2n) is 6.54. The van der Waals surface area contributed by atoms with Gasteiger partial charge in [0, 0.05) is 19.6 Å². The number of hydrogen-bond donors (Lipinski definition) is 2. The third-order valence-corrected chi connectivity index (χ3v) is 4.69. The van der Waals surface area contributed by atoms with Gasteiger partial charge in [0.15, 0.2) is 0 Å². The molecule has 0 spiro atoms. The number of methoxy groups -OCH3 is 1. The molecule has 1 fully saturated rings. The van der Waals surface area contributed by atoms with Crippen LogP contribution in [-0.4, -0.2) is 32.7 Å². The summed E-state index contributed by atoms with van der Waals surface area (Å²) < 4.78 is 5.14. The van der Waals surface area contributed by atoms with E-state index in [0.717, 1.165) is 30.1 Å². The molecule has 26 heavy (non-hydrogen) atoms. The molecule has 1 heterocycles. The lowest BCUT2D eigenvalue weighted by Gasteiger charge is -2.30. The Balaban J connectivity index is 1.51. The number of anilines is 2. The van der Waals surface area contributed by atoms with Gasteiger partial charge in [0.25, 0.3) is 0 Å². The Hall–Kier alpha value is -2.69. The Kier molecular flexibility index (Phi) is 6.36. The topological polar surface area (TPSA) is 53.6 Å². The summed E-state index contributed by atoms with van der Waals surface area (Å²) in [5.74, 6) is 0.797. The zero-order chi connectivity index (χ0) is 18.2. The molecule has 1 aliphatic heterocycles. The van der Waals surface area contributed by atoms with Crippen molar-refractivity contribution in [1.82, 2.24) is 5.32 Å². The molecule has 138 valence electrons.